The Morgan fingerprint density at radius 1 is 1.35 bits per heavy atom. The molecule has 0 fully saturated rings. The summed E-state index contributed by atoms with van der Waals surface area (Å²) in [6.45, 7) is 2.16. The summed E-state index contributed by atoms with van der Waals surface area (Å²) in [5.41, 5.74) is 4.83. The molecule has 3 rings (SSSR count). The van der Waals surface area contributed by atoms with E-state index in [1.54, 1.807) is 12.1 Å². The number of rotatable bonds is 4. The van der Waals surface area contributed by atoms with Gasteiger partial charge in [-0.2, -0.15) is 0 Å². The number of halogens is 2. The van der Waals surface area contributed by atoms with Gasteiger partial charge in [0.15, 0.2) is 0 Å². The predicted molar refractivity (Wildman–Crippen MR) is 89.5 cm³/mol. The number of para-hydroxylation sites is 1. The smallest absolute Gasteiger partial charge is 0.305 e. The molecular formula is C17H16BrFN2O2. The fourth-order valence-corrected chi connectivity index (χ4v) is 3.31. The average molecular weight is 379 g/mol. The highest BCUT2D eigenvalue weighted by Crippen LogP contribution is 2.39. The number of nitrogens with one attached hydrogen (secondary N) is 1. The van der Waals surface area contributed by atoms with Crippen LogP contribution >= 0.6 is 15.9 Å². The molecule has 0 spiro atoms. The summed E-state index contributed by atoms with van der Waals surface area (Å²) in [4.78, 5) is 11.2. The van der Waals surface area contributed by atoms with Crippen LogP contribution in [0.1, 0.15) is 24.5 Å². The molecule has 0 aliphatic carbocycles. The number of carboxylic acids is 1. The summed E-state index contributed by atoms with van der Waals surface area (Å²) in [7, 11) is 0. The van der Waals surface area contributed by atoms with E-state index >= 15 is 0 Å². The number of anilines is 1. The van der Waals surface area contributed by atoms with Crippen molar-refractivity contribution in [1.29, 1.82) is 0 Å². The van der Waals surface area contributed by atoms with Gasteiger partial charge < -0.3 is 10.1 Å². The molecule has 1 aliphatic rings. The molecule has 0 saturated carbocycles. The van der Waals surface area contributed by atoms with E-state index in [9.17, 15) is 14.3 Å². The van der Waals surface area contributed by atoms with Crippen molar-refractivity contribution in [2.75, 3.05) is 5.01 Å². The van der Waals surface area contributed by atoms with Gasteiger partial charge in [-0.05, 0) is 30.7 Å². The number of carbonyl (C=O) groups is 1. The minimum Gasteiger partial charge on any atom is -0.481 e. The molecule has 1 heterocycles. The van der Waals surface area contributed by atoms with Crippen LogP contribution in [0.15, 0.2) is 46.9 Å². The maximum absolute atomic E-state index is 14.1. The van der Waals surface area contributed by atoms with E-state index in [0.29, 0.717) is 16.6 Å². The van der Waals surface area contributed by atoms with E-state index < -0.39 is 11.5 Å². The molecule has 120 valence electrons. The fraction of sp³-hybridized carbons (Fsp3) is 0.235. The molecule has 1 atom stereocenters. The molecule has 23 heavy (non-hydrogen) atoms. The van der Waals surface area contributed by atoms with Crippen LogP contribution in [0, 0.1) is 5.82 Å². The Labute approximate surface area is 142 Å². The van der Waals surface area contributed by atoms with E-state index in [1.165, 1.54) is 6.07 Å². The maximum atomic E-state index is 14.1. The van der Waals surface area contributed by atoms with Crippen molar-refractivity contribution < 1.29 is 14.3 Å². The summed E-state index contributed by atoms with van der Waals surface area (Å²) in [5, 5.41) is 11.0. The summed E-state index contributed by atoms with van der Waals surface area (Å²) < 4.78 is 14.8. The zero-order valence-electron chi connectivity index (χ0n) is 12.5. The lowest BCUT2D eigenvalue weighted by Crippen LogP contribution is -2.45. The van der Waals surface area contributed by atoms with Crippen LogP contribution in [0.4, 0.5) is 10.1 Å². The molecular weight excluding hydrogens is 363 g/mol. The van der Waals surface area contributed by atoms with Gasteiger partial charge in [-0.3, -0.25) is 4.79 Å². The van der Waals surface area contributed by atoms with Gasteiger partial charge in [0.2, 0.25) is 0 Å². The summed E-state index contributed by atoms with van der Waals surface area (Å²) in [6.07, 6.45) is -0.0522. The van der Waals surface area contributed by atoms with Gasteiger partial charge in [0.05, 0.1) is 24.2 Å². The second kappa shape index (κ2) is 5.94. The van der Waals surface area contributed by atoms with Crippen molar-refractivity contribution in [3.8, 4) is 0 Å². The third kappa shape index (κ3) is 3.09. The van der Waals surface area contributed by atoms with E-state index in [4.69, 9.17) is 0 Å². The van der Waals surface area contributed by atoms with Crippen LogP contribution in [-0.2, 0) is 16.9 Å². The van der Waals surface area contributed by atoms with Gasteiger partial charge in [-0.1, -0.05) is 40.2 Å². The monoisotopic (exact) mass is 378 g/mol. The summed E-state index contributed by atoms with van der Waals surface area (Å²) >= 11 is 3.25. The van der Waals surface area contributed by atoms with E-state index in [1.807, 2.05) is 36.2 Å². The van der Waals surface area contributed by atoms with Crippen LogP contribution < -0.4 is 10.4 Å². The largest absolute Gasteiger partial charge is 0.481 e. The van der Waals surface area contributed by atoms with Crippen molar-refractivity contribution in [1.82, 2.24) is 5.43 Å². The molecule has 0 amide bonds. The van der Waals surface area contributed by atoms with Crippen LogP contribution in [0.25, 0.3) is 0 Å². The highest BCUT2D eigenvalue weighted by atomic mass is 79.9. The molecule has 1 aliphatic heterocycles. The molecule has 0 saturated heterocycles. The zero-order chi connectivity index (χ0) is 16.6. The molecule has 0 aromatic heterocycles. The van der Waals surface area contributed by atoms with E-state index in [2.05, 4.69) is 21.4 Å². The first-order valence-electron chi connectivity index (χ1n) is 7.20. The zero-order valence-corrected chi connectivity index (χ0v) is 14.1. The average Bonchev–Trinajstić information content (AvgIpc) is 2.74. The Hall–Kier alpha value is -1.92. The highest BCUT2D eigenvalue weighted by molar-refractivity contribution is 9.10. The van der Waals surface area contributed by atoms with Gasteiger partial charge in [-0.25, -0.2) is 9.82 Å². The molecule has 6 heteroatoms. The Kier molecular flexibility index (Phi) is 4.12. The lowest BCUT2D eigenvalue weighted by Gasteiger charge is -2.27. The normalized spacial score (nSPS) is 19.7. The fourth-order valence-electron chi connectivity index (χ4n) is 2.98. The molecule has 2 aromatic carbocycles. The first kappa shape index (κ1) is 16.0. The van der Waals surface area contributed by atoms with Crippen molar-refractivity contribution >= 4 is 27.6 Å². The second-order valence-electron chi connectivity index (χ2n) is 5.85. The second-order valence-corrected chi connectivity index (χ2v) is 6.77. The third-order valence-corrected chi connectivity index (χ3v) is 4.51. The number of nitrogens with zero attached hydrogens (tertiary/aromatic N) is 1. The summed E-state index contributed by atoms with van der Waals surface area (Å²) in [6, 6.07) is 12.5. The van der Waals surface area contributed by atoms with E-state index in [0.717, 1.165) is 11.3 Å². The summed E-state index contributed by atoms with van der Waals surface area (Å²) in [5.74, 6) is -1.18. The van der Waals surface area contributed by atoms with E-state index in [-0.39, 0.29) is 12.2 Å². The molecule has 0 bridgehead atoms. The Balaban J connectivity index is 1.94. The third-order valence-electron chi connectivity index (χ3n) is 4.02. The lowest BCUT2D eigenvalue weighted by atomic mass is 9.90. The van der Waals surface area contributed by atoms with Crippen molar-refractivity contribution in [3.63, 3.8) is 0 Å². The maximum Gasteiger partial charge on any atom is 0.305 e. The predicted octanol–water partition coefficient (Wildman–Crippen LogP) is 3.80. The van der Waals surface area contributed by atoms with Gasteiger partial charge in [0.1, 0.15) is 5.82 Å². The van der Waals surface area contributed by atoms with Crippen molar-refractivity contribution in [2.24, 2.45) is 0 Å². The quantitative estimate of drug-likeness (QED) is 0.849. The van der Waals surface area contributed by atoms with Crippen LogP contribution in [0.2, 0.25) is 0 Å². The first-order chi connectivity index (χ1) is 10.9. The Morgan fingerprint density at radius 3 is 2.78 bits per heavy atom. The Morgan fingerprint density at radius 2 is 2.09 bits per heavy atom. The van der Waals surface area contributed by atoms with Crippen LogP contribution in [-0.4, -0.2) is 11.1 Å². The molecule has 4 nitrogen and oxygen atoms in total. The number of aliphatic carboxylic acids is 1. The van der Waals surface area contributed by atoms with Gasteiger partial charge in [0.25, 0.3) is 0 Å². The molecule has 1 unspecified atom stereocenters. The minimum atomic E-state index is -0.883. The highest BCUT2D eigenvalue weighted by Gasteiger charge is 2.40. The van der Waals surface area contributed by atoms with Gasteiger partial charge in [0, 0.05) is 10.0 Å². The van der Waals surface area contributed by atoms with Crippen molar-refractivity contribution in [3.05, 3.63) is 63.9 Å². The Bertz CT molecular complexity index is 768. The first-order valence-corrected chi connectivity index (χ1v) is 7.99. The lowest BCUT2D eigenvalue weighted by molar-refractivity contribution is -0.138. The SMILES string of the molecule is CC1(CC(=O)O)NN(Cc2ccc(Br)cc2F)c2ccccc21. The number of hydrogen-bond acceptors (Lipinski definition) is 3. The number of hydrazine groups is 1. The number of hydrogen-bond donors (Lipinski definition) is 2. The molecule has 2 aromatic rings. The standard InChI is InChI=1S/C17H16BrFN2O2/c1-17(9-16(22)23)13-4-2-3-5-15(13)21(20-17)10-11-6-7-12(18)8-14(11)19/h2-8,20H,9-10H2,1H3,(H,22,23). The number of fused-ring (bicyclic) bond motifs is 1. The number of carboxylic acid groups (broad SMARTS) is 1. The van der Waals surface area contributed by atoms with Gasteiger partial charge in [-0.15, -0.1) is 0 Å². The minimum absolute atomic E-state index is 0.0522. The van der Waals surface area contributed by atoms with Crippen LogP contribution in [0.3, 0.4) is 0 Å². The topological polar surface area (TPSA) is 52.6 Å². The molecule has 2 N–H and O–H groups in total. The van der Waals surface area contributed by atoms with Gasteiger partial charge >= 0.3 is 5.97 Å². The number of benzene rings is 2. The van der Waals surface area contributed by atoms with Crippen LogP contribution in [0.5, 0.6) is 0 Å². The van der Waals surface area contributed by atoms with Crippen molar-refractivity contribution in [2.45, 2.75) is 25.4 Å². The molecule has 0 radical (unpaired) electrons.